The summed E-state index contributed by atoms with van der Waals surface area (Å²) >= 11 is 0. The molecule has 148 valence electrons. The minimum Gasteiger partial charge on any atom is -0.485 e. The Morgan fingerprint density at radius 3 is 2.75 bits per heavy atom. The molecule has 7 nitrogen and oxygen atoms in total. The molecule has 3 N–H and O–H groups in total. The number of ether oxygens (including phenoxy) is 1. The van der Waals surface area contributed by atoms with Crippen LogP contribution >= 0.6 is 0 Å². The van der Waals surface area contributed by atoms with Crippen LogP contribution in [0.25, 0.3) is 5.65 Å². The van der Waals surface area contributed by atoms with Gasteiger partial charge in [-0.1, -0.05) is 50.1 Å². The number of nitrogens with zero attached hydrogens (tertiary/aromatic N) is 2. The molecule has 1 amide bonds. The van der Waals surface area contributed by atoms with Crippen LogP contribution in [-0.4, -0.2) is 27.0 Å². The van der Waals surface area contributed by atoms with E-state index in [9.17, 15) is 4.79 Å². The predicted octanol–water partition coefficient (Wildman–Crippen LogP) is 3.56. The van der Waals surface area contributed by atoms with Crippen LogP contribution < -0.4 is 15.5 Å². The quantitative estimate of drug-likeness (QED) is 0.283. The van der Waals surface area contributed by atoms with Crippen LogP contribution in [0.4, 0.5) is 5.82 Å². The van der Waals surface area contributed by atoms with Crippen molar-refractivity contribution in [2.24, 2.45) is 0 Å². The largest absolute Gasteiger partial charge is 0.485 e. The Labute approximate surface area is 164 Å². The number of rotatable bonds is 10. The molecule has 0 saturated carbocycles. The maximum atomic E-state index is 11.5. The summed E-state index contributed by atoms with van der Waals surface area (Å²) in [6, 6.07) is 13.8. The van der Waals surface area contributed by atoms with E-state index in [0.717, 1.165) is 42.8 Å². The maximum Gasteiger partial charge on any atom is 0.262 e. The van der Waals surface area contributed by atoms with E-state index >= 15 is 0 Å². The molecule has 2 aromatic heterocycles. The number of hydrogen-bond donors (Lipinski definition) is 3. The Bertz CT molecular complexity index is 909. The van der Waals surface area contributed by atoms with Crippen molar-refractivity contribution in [1.82, 2.24) is 14.9 Å². The molecule has 0 aliphatic rings. The highest BCUT2D eigenvalue weighted by Crippen LogP contribution is 2.27. The summed E-state index contributed by atoms with van der Waals surface area (Å²) in [4.78, 5) is 16.2. The van der Waals surface area contributed by atoms with Crippen LogP contribution in [0.15, 0.2) is 48.7 Å². The van der Waals surface area contributed by atoms with E-state index in [1.807, 2.05) is 53.1 Å². The summed E-state index contributed by atoms with van der Waals surface area (Å²) in [5.41, 5.74) is 4.31. The van der Waals surface area contributed by atoms with Gasteiger partial charge in [0.25, 0.3) is 5.91 Å². The van der Waals surface area contributed by atoms with Crippen LogP contribution in [0.3, 0.4) is 0 Å². The number of hydrogen-bond acceptors (Lipinski definition) is 5. The highest BCUT2D eigenvalue weighted by atomic mass is 16.5. The molecule has 7 heteroatoms. The number of amides is 1. The molecule has 0 aliphatic carbocycles. The topological polar surface area (TPSA) is 87.9 Å². The molecule has 0 unspecified atom stereocenters. The van der Waals surface area contributed by atoms with Crippen LogP contribution in [0, 0.1) is 0 Å². The fourth-order valence-corrected chi connectivity index (χ4v) is 3.05. The molecule has 28 heavy (non-hydrogen) atoms. The normalized spacial score (nSPS) is 10.8. The van der Waals surface area contributed by atoms with Gasteiger partial charge >= 0.3 is 0 Å². The number of hydroxylamine groups is 1. The van der Waals surface area contributed by atoms with Gasteiger partial charge in [0.05, 0.1) is 12.2 Å². The second-order valence-electron chi connectivity index (χ2n) is 6.59. The van der Waals surface area contributed by atoms with Crippen molar-refractivity contribution in [2.45, 2.75) is 39.2 Å². The van der Waals surface area contributed by atoms with Crippen molar-refractivity contribution in [3.05, 3.63) is 59.9 Å². The van der Waals surface area contributed by atoms with Crippen molar-refractivity contribution in [3.8, 4) is 5.75 Å². The standard InChI is InChI=1S/C21H26N4O3/c1-2-3-5-11-17-20(22-14-19(26)24-27)25-13-8-12-18(21(25)23-17)28-15-16-9-6-4-7-10-16/h4,6-10,12-13,22,27H,2-3,5,11,14-15H2,1H3,(H,24,26). The molecular weight excluding hydrogens is 356 g/mol. The van der Waals surface area contributed by atoms with Gasteiger partial charge in [-0.25, -0.2) is 10.5 Å². The molecule has 0 bridgehead atoms. The number of unbranched alkanes of at least 4 members (excludes halogenated alkanes) is 2. The number of benzene rings is 1. The molecule has 0 fully saturated rings. The zero-order valence-corrected chi connectivity index (χ0v) is 16.0. The first-order valence-corrected chi connectivity index (χ1v) is 9.56. The number of fused-ring (bicyclic) bond motifs is 1. The zero-order chi connectivity index (χ0) is 19.8. The van der Waals surface area contributed by atoms with Crippen LogP contribution in [-0.2, 0) is 17.8 Å². The summed E-state index contributed by atoms with van der Waals surface area (Å²) < 4.78 is 7.91. The first-order chi connectivity index (χ1) is 13.7. The second kappa shape index (κ2) is 9.75. The van der Waals surface area contributed by atoms with Crippen LogP contribution in [0.1, 0.15) is 37.4 Å². The number of carbonyl (C=O) groups excluding carboxylic acids is 1. The monoisotopic (exact) mass is 382 g/mol. The van der Waals surface area contributed by atoms with Gasteiger partial charge in [-0.15, -0.1) is 0 Å². The van der Waals surface area contributed by atoms with Crippen LogP contribution in [0.2, 0.25) is 0 Å². The van der Waals surface area contributed by atoms with Crippen molar-refractivity contribution in [3.63, 3.8) is 0 Å². The number of pyridine rings is 1. The number of aromatic nitrogens is 2. The number of carbonyl (C=O) groups is 1. The Kier molecular flexibility index (Phi) is 6.86. The summed E-state index contributed by atoms with van der Waals surface area (Å²) in [7, 11) is 0. The maximum absolute atomic E-state index is 11.5. The molecule has 0 spiro atoms. The summed E-state index contributed by atoms with van der Waals surface area (Å²) in [6.07, 6.45) is 5.94. The van der Waals surface area contributed by atoms with Crippen molar-refractivity contribution >= 4 is 17.4 Å². The third kappa shape index (κ3) is 4.80. The lowest BCUT2D eigenvalue weighted by Crippen LogP contribution is -2.27. The average Bonchev–Trinajstić information content (AvgIpc) is 3.09. The minimum absolute atomic E-state index is 0.0415. The Balaban J connectivity index is 1.87. The van der Waals surface area contributed by atoms with Crippen LogP contribution in [0.5, 0.6) is 5.75 Å². The van der Waals surface area contributed by atoms with Gasteiger partial charge in [-0.3, -0.25) is 14.4 Å². The van der Waals surface area contributed by atoms with Gasteiger partial charge in [-0.2, -0.15) is 0 Å². The third-order valence-corrected chi connectivity index (χ3v) is 4.48. The lowest BCUT2D eigenvalue weighted by atomic mass is 10.1. The number of anilines is 1. The zero-order valence-electron chi connectivity index (χ0n) is 16.0. The fourth-order valence-electron chi connectivity index (χ4n) is 3.05. The number of imidazole rings is 1. The molecule has 3 rings (SSSR count). The first kappa shape index (κ1) is 19.7. The van der Waals surface area contributed by atoms with Crippen molar-refractivity contribution in [1.29, 1.82) is 0 Å². The fraction of sp³-hybridized carbons (Fsp3) is 0.333. The highest BCUT2D eigenvalue weighted by molar-refractivity contribution is 5.79. The van der Waals surface area contributed by atoms with Crippen molar-refractivity contribution < 1.29 is 14.7 Å². The molecule has 0 aliphatic heterocycles. The average molecular weight is 382 g/mol. The molecular formula is C21H26N4O3. The Morgan fingerprint density at radius 2 is 2.00 bits per heavy atom. The molecule has 2 heterocycles. The molecule has 3 aromatic rings. The van der Waals surface area contributed by atoms with Gasteiger partial charge in [0.1, 0.15) is 12.4 Å². The summed E-state index contributed by atoms with van der Waals surface area (Å²) in [5, 5.41) is 11.8. The molecule has 0 atom stereocenters. The smallest absolute Gasteiger partial charge is 0.262 e. The Morgan fingerprint density at radius 1 is 1.18 bits per heavy atom. The predicted molar refractivity (Wildman–Crippen MR) is 108 cm³/mol. The SMILES string of the molecule is CCCCCc1nc2c(OCc3ccccc3)cccn2c1NCC(=O)NO. The summed E-state index contributed by atoms with van der Waals surface area (Å²) in [6.45, 7) is 2.57. The lowest BCUT2D eigenvalue weighted by Gasteiger charge is -2.09. The van der Waals surface area contributed by atoms with E-state index in [2.05, 4.69) is 12.2 Å². The first-order valence-electron chi connectivity index (χ1n) is 9.56. The van der Waals surface area contributed by atoms with Gasteiger partial charge in [0.15, 0.2) is 11.4 Å². The molecule has 1 aromatic carbocycles. The van der Waals surface area contributed by atoms with Gasteiger partial charge < -0.3 is 10.1 Å². The minimum atomic E-state index is -0.508. The molecule has 0 radical (unpaired) electrons. The van der Waals surface area contributed by atoms with E-state index in [1.165, 1.54) is 0 Å². The van der Waals surface area contributed by atoms with Gasteiger partial charge in [-0.05, 0) is 30.5 Å². The van der Waals surface area contributed by atoms with E-state index in [1.54, 1.807) is 5.48 Å². The highest BCUT2D eigenvalue weighted by Gasteiger charge is 2.16. The number of nitrogens with one attached hydrogen (secondary N) is 2. The van der Waals surface area contributed by atoms with Gasteiger partial charge in [0, 0.05) is 6.20 Å². The van der Waals surface area contributed by atoms with Gasteiger partial charge in [0.2, 0.25) is 0 Å². The van der Waals surface area contributed by atoms with E-state index in [0.29, 0.717) is 18.0 Å². The van der Waals surface area contributed by atoms with E-state index < -0.39 is 5.91 Å². The number of aryl methyl sites for hydroxylation is 1. The van der Waals surface area contributed by atoms with Crippen molar-refractivity contribution in [2.75, 3.05) is 11.9 Å². The summed E-state index contributed by atoms with van der Waals surface area (Å²) in [5.74, 6) is 0.925. The molecule has 0 saturated heterocycles. The second-order valence-corrected chi connectivity index (χ2v) is 6.59. The Hall–Kier alpha value is -3.06. The lowest BCUT2D eigenvalue weighted by molar-refractivity contribution is -0.127. The van der Waals surface area contributed by atoms with E-state index in [4.69, 9.17) is 14.9 Å². The third-order valence-electron chi connectivity index (χ3n) is 4.48. The van der Waals surface area contributed by atoms with E-state index in [-0.39, 0.29) is 6.54 Å².